The number of hydrogen-bond donors (Lipinski definition) is 3. The molecule has 3 amide bonds. The molecule has 1 spiro atoms. The number of fused-ring (bicyclic) bond motifs is 1. The molecule has 8 nitrogen and oxygen atoms in total. The van der Waals surface area contributed by atoms with E-state index in [0.29, 0.717) is 31.5 Å². The van der Waals surface area contributed by atoms with Gasteiger partial charge in [-0.05, 0) is 63.9 Å². The summed E-state index contributed by atoms with van der Waals surface area (Å²) in [6, 6.07) is 5.18. The second-order valence-electron chi connectivity index (χ2n) is 9.06. The normalized spacial score (nSPS) is 24.9. The van der Waals surface area contributed by atoms with Gasteiger partial charge in [0.15, 0.2) is 0 Å². The van der Waals surface area contributed by atoms with Crippen LogP contribution >= 0.6 is 0 Å². The van der Waals surface area contributed by atoms with Crippen molar-refractivity contribution >= 4 is 23.4 Å². The van der Waals surface area contributed by atoms with Gasteiger partial charge in [-0.25, -0.2) is 0 Å². The Hall–Kier alpha value is -2.61. The van der Waals surface area contributed by atoms with Crippen LogP contribution in [0.5, 0.6) is 0 Å². The molecule has 2 unspecified atom stereocenters. The van der Waals surface area contributed by atoms with Crippen LogP contribution in [-0.2, 0) is 9.59 Å². The van der Waals surface area contributed by atoms with Crippen molar-refractivity contribution in [3.05, 3.63) is 29.3 Å². The van der Waals surface area contributed by atoms with Crippen molar-refractivity contribution < 1.29 is 14.4 Å². The van der Waals surface area contributed by atoms with Gasteiger partial charge in [-0.2, -0.15) is 0 Å². The molecule has 0 bridgehead atoms. The van der Waals surface area contributed by atoms with Crippen molar-refractivity contribution in [2.45, 2.75) is 57.7 Å². The second kappa shape index (κ2) is 8.86. The summed E-state index contributed by atoms with van der Waals surface area (Å²) in [6.07, 6.45) is 3.76. The van der Waals surface area contributed by atoms with E-state index in [1.54, 1.807) is 11.8 Å². The predicted molar refractivity (Wildman–Crippen MR) is 119 cm³/mol. The molecule has 8 heteroatoms. The third-order valence-corrected chi connectivity index (χ3v) is 6.78. The number of nitrogens with zero attached hydrogens (tertiary/aromatic N) is 2. The summed E-state index contributed by atoms with van der Waals surface area (Å²) in [5.74, 6) is -0.294. The third-order valence-electron chi connectivity index (χ3n) is 6.78. The number of anilines is 1. The second-order valence-corrected chi connectivity index (χ2v) is 9.06. The molecule has 2 fully saturated rings. The van der Waals surface area contributed by atoms with Crippen LogP contribution in [0, 0.1) is 6.92 Å². The zero-order valence-corrected chi connectivity index (χ0v) is 18.5. The van der Waals surface area contributed by atoms with Crippen LogP contribution in [0.15, 0.2) is 18.2 Å². The first kappa shape index (κ1) is 21.6. The topological polar surface area (TPSA) is 93.8 Å². The van der Waals surface area contributed by atoms with E-state index in [9.17, 15) is 14.4 Å². The number of amides is 3. The Kier molecular flexibility index (Phi) is 6.18. The molecule has 1 aromatic rings. The Balaban J connectivity index is 1.38. The first-order chi connectivity index (χ1) is 14.9. The first-order valence-corrected chi connectivity index (χ1v) is 11.4. The fraction of sp³-hybridized carbons (Fsp3) is 0.609. The molecule has 0 aromatic heterocycles. The van der Waals surface area contributed by atoms with Crippen molar-refractivity contribution in [1.29, 1.82) is 0 Å². The summed E-state index contributed by atoms with van der Waals surface area (Å²) in [7, 11) is 0. The van der Waals surface area contributed by atoms with Crippen molar-refractivity contribution in [3.8, 4) is 0 Å². The lowest BCUT2D eigenvalue weighted by atomic mass is 9.94. The Labute approximate surface area is 183 Å². The summed E-state index contributed by atoms with van der Waals surface area (Å²) >= 11 is 0. The minimum Gasteiger partial charge on any atom is -0.362 e. The molecular weight excluding hydrogens is 394 g/mol. The summed E-state index contributed by atoms with van der Waals surface area (Å²) in [4.78, 5) is 42.2. The van der Waals surface area contributed by atoms with Gasteiger partial charge in [-0.15, -0.1) is 0 Å². The maximum Gasteiger partial charge on any atom is 0.255 e. The average Bonchev–Trinajstić information content (AvgIpc) is 3.20. The quantitative estimate of drug-likeness (QED) is 0.662. The number of likely N-dealkylation sites (tertiary alicyclic amines) is 2. The Bertz CT molecular complexity index is 867. The molecule has 1 aromatic carbocycles. The van der Waals surface area contributed by atoms with Gasteiger partial charge in [0.2, 0.25) is 11.8 Å². The molecule has 3 aliphatic heterocycles. The lowest BCUT2D eigenvalue weighted by Gasteiger charge is -2.40. The van der Waals surface area contributed by atoms with Crippen molar-refractivity contribution in [2.75, 3.05) is 38.0 Å². The zero-order chi connectivity index (χ0) is 22.0. The molecule has 2 atom stereocenters. The summed E-state index contributed by atoms with van der Waals surface area (Å²) in [5.41, 5.74) is 1.82. The van der Waals surface area contributed by atoms with Crippen LogP contribution in [-0.4, -0.2) is 71.9 Å². The smallest absolute Gasteiger partial charge is 0.255 e. The number of benzene rings is 1. The van der Waals surface area contributed by atoms with Gasteiger partial charge >= 0.3 is 0 Å². The first-order valence-electron chi connectivity index (χ1n) is 11.4. The highest BCUT2D eigenvalue weighted by atomic mass is 16.2. The van der Waals surface area contributed by atoms with E-state index >= 15 is 0 Å². The van der Waals surface area contributed by atoms with Gasteiger partial charge in [0.05, 0.1) is 5.56 Å². The zero-order valence-electron chi connectivity index (χ0n) is 18.5. The molecule has 3 N–H and O–H groups in total. The highest BCUT2D eigenvalue weighted by Gasteiger charge is 2.41. The van der Waals surface area contributed by atoms with E-state index in [-0.39, 0.29) is 24.1 Å². The molecular formula is C23H33N5O3. The van der Waals surface area contributed by atoms with E-state index in [1.165, 1.54) is 12.8 Å². The van der Waals surface area contributed by atoms with Gasteiger partial charge in [-0.3, -0.25) is 14.4 Å². The lowest BCUT2D eigenvalue weighted by molar-refractivity contribution is -0.139. The average molecular weight is 428 g/mol. The molecule has 2 saturated heterocycles. The number of hydrogen-bond acceptors (Lipinski definition) is 5. The number of rotatable bonds is 5. The molecule has 0 radical (unpaired) electrons. The van der Waals surface area contributed by atoms with Crippen molar-refractivity contribution in [1.82, 2.24) is 20.4 Å². The molecule has 168 valence electrons. The standard InChI is InChI=1S/C23H33N5O3/c1-16-5-6-18-19(15-16)25-23(26-22(18)31)8-7-20(29)28(13-9-23)17(2)21(30)24-10-14-27-11-3-4-12-27/h5-6,15,17,25H,3-4,7-14H2,1-2H3,(H,24,30)(H,26,31). The van der Waals surface area contributed by atoms with Crippen molar-refractivity contribution in [2.24, 2.45) is 0 Å². The minimum atomic E-state index is -0.672. The fourth-order valence-electron chi connectivity index (χ4n) is 4.85. The molecule has 31 heavy (non-hydrogen) atoms. The van der Waals surface area contributed by atoms with Crippen LogP contribution < -0.4 is 16.0 Å². The predicted octanol–water partition coefficient (Wildman–Crippen LogP) is 1.46. The SMILES string of the molecule is Cc1ccc2c(c1)NC1(CCC(=O)N(C(C)C(=O)NCCN3CCCC3)CC1)NC2=O. The Morgan fingerprint density at radius 3 is 2.71 bits per heavy atom. The Morgan fingerprint density at radius 1 is 1.16 bits per heavy atom. The van der Waals surface area contributed by atoms with Crippen LogP contribution in [0.4, 0.5) is 5.69 Å². The van der Waals surface area contributed by atoms with Crippen LogP contribution in [0.1, 0.15) is 54.9 Å². The molecule has 4 rings (SSSR count). The van der Waals surface area contributed by atoms with E-state index < -0.39 is 11.7 Å². The van der Waals surface area contributed by atoms with Gasteiger partial charge in [0, 0.05) is 38.2 Å². The summed E-state index contributed by atoms with van der Waals surface area (Å²) in [6.45, 7) is 7.83. The van der Waals surface area contributed by atoms with Crippen molar-refractivity contribution in [3.63, 3.8) is 0 Å². The maximum atomic E-state index is 12.8. The maximum absolute atomic E-state index is 12.8. The molecule has 3 heterocycles. The van der Waals surface area contributed by atoms with E-state index in [4.69, 9.17) is 0 Å². The largest absolute Gasteiger partial charge is 0.362 e. The minimum absolute atomic E-state index is 0.0508. The number of nitrogens with one attached hydrogen (secondary N) is 3. The van der Waals surface area contributed by atoms with Gasteiger partial charge in [0.1, 0.15) is 11.7 Å². The number of aryl methyl sites for hydroxylation is 1. The van der Waals surface area contributed by atoms with Crippen LogP contribution in [0.25, 0.3) is 0 Å². The van der Waals surface area contributed by atoms with Gasteiger partial charge < -0.3 is 25.8 Å². The van der Waals surface area contributed by atoms with Crippen LogP contribution in [0.2, 0.25) is 0 Å². The summed E-state index contributed by atoms with van der Waals surface area (Å²) in [5, 5.41) is 9.55. The third kappa shape index (κ3) is 4.69. The molecule has 0 aliphatic carbocycles. The highest BCUT2D eigenvalue weighted by molar-refractivity contribution is 6.02. The monoisotopic (exact) mass is 427 g/mol. The Morgan fingerprint density at radius 2 is 1.94 bits per heavy atom. The fourth-order valence-corrected chi connectivity index (χ4v) is 4.85. The highest BCUT2D eigenvalue weighted by Crippen LogP contribution is 2.32. The van der Waals surface area contributed by atoms with Crippen LogP contribution in [0.3, 0.4) is 0 Å². The number of carbonyl (C=O) groups excluding carboxylic acids is 3. The molecule has 0 saturated carbocycles. The summed E-state index contributed by atoms with van der Waals surface area (Å²) < 4.78 is 0. The van der Waals surface area contributed by atoms with E-state index in [1.807, 2.05) is 25.1 Å². The van der Waals surface area contributed by atoms with E-state index in [2.05, 4.69) is 20.9 Å². The molecule has 3 aliphatic rings. The lowest BCUT2D eigenvalue weighted by Crippen LogP contribution is -2.58. The number of carbonyl (C=O) groups is 3. The van der Waals surface area contributed by atoms with E-state index in [0.717, 1.165) is 30.9 Å². The van der Waals surface area contributed by atoms with Gasteiger partial charge in [0.25, 0.3) is 5.91 Å². The van der Waals surface area contributed by atoms with Gasteiger partial charge in [-0.1, -0.05) is 6.07 Å².